The van der Waals surface area contributed by atoms with Crippen LogP contribution in [0.1, 0.15) is 25.0 Å². The van der Waals surface area contributed by atoms with Gasteiger partial charge in [0.15, 0.2) is 5.82 Å². The second-order valence-corrected chi connectivity index (χ2v) is 16.5. The molecule has 0 amide bonds. The van der Waals surface area contributed by atoms with Crippen molar-refractivity contribution in [3.63, 3.8) is 0 Å². The van der Waals surface area contributed by atoms with Crippen LogP contribution in [0.25, 0.3) is 110 Å². The Morgan fingerprint density at radius 2 is 1.07 bits per heavy atom. The molecule has 3 heterocycles. The zero-order valence-corrected chi connectivity index (χ0v) is 32.6. The van der Waals surface area contributed by atoms with Gasteiger partial charge < -0.3 is 4.57 Å². The summed E-state index contributed by atoms with van der Waals surface area (Å²) in [5, 5.41) is 9.76. The molecule has 0 radical (unpaired) electrons. The molecule has 4 nitrogen and oxygen atoms in total. The number of rotatable bonds is 3. The summed E-state index contributed by atoms with van der Waals surface area (Å²) in [4.78, 5) is 11.2. The van der Waals surface area contributed by atoms with E-state index in [2.05, 4.69) is 205 Å². The minimum absolute atomic E-state index is 0.153. The van der Waals surface area contributed by atoms with Crippen LogP contribution in [0.3, 0.4) is 0 Å². The van der Waals surface area contributed by atoms with Crippen molar-refractivity contribution in [2.24, 2.45) is 0 Å². The maximum atomic E-state index is 5.62. The molecule has 1 aliphatic carbocycles. The predicted molar refractivity (Wildman–Crippen MR) is 246 cm³/mol. The first-order chi connectivity index (χ1) is 29.0. The summed E-state index contributed by atoms with van der Waals surface area (Å²) in [5.74, 6) is 0.819. The maximum Gasteiger partial charge on any atom is 0.165 e. The topological polar surface area (TPSA) is 35.6 Å². The Balaban J connectivity index is 1.19. The number of aromatic nitrogens is 4. The Hall–Kier alpha value is -7.56. The monoisotopic (exact) mass is 752 g/mol. The van der Waals surface area contributed by atoms with E-state index < -0.39 is 0 Å². The lowest BCUT2D eigenvalue weighted by molar-refractivity contribution is 0.660. The van der Waals surface area contributed by atoms with Crippen molar-refractivity contribution in [1.82, 2.24) is 19.1 Å². The number of fused-ring (bicyclic) bond motifs is 14. The summed E-state index contributed by atoms with van der Waals surface area (Å²) in [6.07, 6.45) is 0. The number of para-hydroxylation sites is 3. The molecule has 12 aromatic rings. The molecule has 0 fully saturated rings. The summed E-state index contributed by atoms with van der Waals surface area (Å²) in [5.41, 5.74) is 14.4. The van der Waals surface area contributed by atoms with Gasteiger partial charge in [-0.15, -0.1) is 0 Å². The van der Waals surface area contributed by atoms with Gasteiger partial charge in [-0.2, -0.15) is 0 Å². The van der Waals surface area contributed by atoms with Gasteiger partial charge >= 0.3 is 0 Å². The molecule has 0 aliphatic heterocycles. The second kappa shape index (κ2) is 11.7. The van der Waals surface area contributed by atoms with Crippen LogP contribution in [0.2, 0.25) is 0 Å². The molecule has 276 valence electrons. The van der Waals surface area contributed by atoms with E-state index in [1.165, 1.54) is 76.4 Å². The fourth-order valence-corrected chi connectivity index (χ4v) is 10.4. The molecule has 0 saturated heterocycles. The number of benzene rings is 9. The van der Waals surface area contributed by atoms with E-state index >= 15 is 0 Å². The highest BCUT2D eigenvalue weighted by Gasteiger charge is 2.37. The molecule has 4 heteroatoms. The number of nitrogens with zero attached hydrogens (tertiary/aromatic N) is 4. The molecular weight excluding hydrogens is 717 g/mol. The molecule has 0 spiro atoms. The molecular formula is C55H36N4. The molecule has 59 heavy (non-hydrogen) atoms. The predicted octanol–water partition coefficient (Wildman–Crippen LogP) is 14.1. The van der Waals surface area contributed by atoms with Crippen LogP contribution in [-0.4, -0.2) is 19.1 Å². The summed E-state index contributed by atoms with van der Waals surface area (Å²) < 4.78 is 4.86. The molecule has 3 aromatic heterocycles. The molecule has 0 unspecified atom stereocenters. The molecule has 0 bridgehead atoms. The maximum absolute atomic E-state index is 5.62. The third-order valence-electron chi connectivity index (χ3n) is 13.1. The van der Waals surface area contributed by atoms with E-state index in [1.54, 1.807) is 0 Å². The van der Waals surface area contributed by atoms with Crippen molar-refractivity contribution < 1.29 is 0 Å². The molecule has 0 N–H and O–H groups in total. The average molecular weight is 753 g/mol. The van der Waals surface area contributed by atoms with Gasteiger partial charge in [0.25, 0.3) is 0 Å². The van der Waals surface area contributed by atoms with E-state index in [9.17, 15) is 0 Å². The molecule has 1 aliphatic rings. The lowest BCUT2D eigenvalue weighted by atomic mass is 9.82. The highest BCUT2D eigenvalue weighted by atomic mass is 15.1. The zero-order chi connectivity index (χ0) is 39.0. The second-order valence-electron chi connectivity index (χ2n) is 16.5. The molecule has 0 saturated carbocycles. The highest BCUT2D eigenvalue weighted by molar-refractivity contribution is 6.23. The number of hydrogen-bond donors (Lipinski definition) is 0. The third-order valence-corrected chi connectivity index (χ3v) is 13.1. The first-order valence-corrected chi connectivity index (χ1v) is 20.4. The van der Waals surface area contributed by atoms with Crippen molar-refractivity contribution in [3.8, 4) is 33.9 Å². The van der Waals surface area contributed by atoms with Gasteiger partial charge in [0.1, 0.15) is 5.69 Å². The van der Waals surface area contributed by atoms with Crippen LogP contribution in [0.15, 0.2) is 182 Å². The standard InChI is InChI=1S/C55H36N4/c1-55(2)43-21-9-7-19-40(43)50-42(20-13-22-44(50)55)52-54(57-46-24-11-10-23-45(46)56-52)59-48-31-27-33-14-3-5-16-36(33)51(48)41-30-28-35(32-49(41)59)58-47-25-12-8-18-38(47)39-29-26-34-15-4-6-17-37(34)53(39)58/h3-32H,1-2H3. The first kappa shape index (κ1) is 32.5. The van der Waals surface area contributed by atoms with E-state index in [0.717, 1.165) is 44.8 Å². The van der Waals surface area contributed by atoms with Crippen LogP contribution in [0, 0.1) is 0 Å². The summed E-state index contributed by atoms with van der Waals surface area (Å²) >= 11 is 0. The minimum Gasteiger partial charge on any atom is -0.309 e. The van der Waals surface area contributed by atoms with E-state index in [0.29, 0.717) is 0 Å². The molecule has 9 aromatic carbocycles. The van der Waals surface area contributed by atoms with Crippen molar-refractivity contribution >= 4 is 76.2 Å². The molecule has 0 atom stereocenters. The fraction of sp³-hybridized carbons (Fsp3) is 0.0545. The Bertz CT molecular complexity index is 3770. The molecule has 13 rings (SSSR count). The third kappa shape index (κ3) is 4.38. The van der Waals surface area contributed by atoms with Crippen LogP contribution in [0.4, 0.5) is 0 Å². The van der Waals surface area contributed by atoms with Crippen molar-refractivity contribution in [2.45, 2.75) is 19.3 Å². The van der Waals surface area contributed by atoms with E-state index in [-0.39, 0.29) is 5.41 Å². The summed E-state index contributed by atoms with van der Waals surface area (Å²) in [6, 6.07) is 66.2. The Morgan fingerprint density at radius 3 is 1.93 bits per heavy atom. The Labute approximate surface area is 340 Å². The average Bonchev–Trinajstić information content (AvgIpc) is 3.89. The van der Waals surface area contributed by atoms with Crippen LogP contribution >= 0.6 is 0 Å². The number of hydrogen-bond acceptors (Lipinski definition) is 2. The van der Waals surface area contributed by atoms with Gasteiger partial charge in [-0.25, -0.2) is 9.97 Å². The smallest absolute Gasteiger partial charge is 0.165 e. The van der Waals surface area contributed by atoms with Gasteiger partial charge in [-0.3, -0.25) is 4.57 Å². The lowest BCUT2D eigenvalue weighted by Crippen LogP contribution is -2.14. The normalized spacial score (nSPS) is 13.4. The van der Waals surface area contributed by atoms with Crippen molar-refractivity contribution in [1.29, 1.82) is 0 Å². The highest BCUT2D eigenvalue weighted by Crippen LogP contribution is 2.53. The van der Waals surface area contributed by atoms with Crippen molar-refractivity contribution in [3.05, 3.63) is 193 Å². The first-order valence-electron chi connectivity index (χ1n) is 20.4. The van der Waals surface area contributed by atoms with Crippen LogP contribution < -0.4 is 0 Å². The van der Waals surface area contributed by atoms with Gasteiger partial charge in [-0.1, -0.05) is 159 Å². The van der Waals surface area contributed by atoms with Gasteiger partial charge in [0.2, 0.25) is 0 Å². The van der Waals surface area contributed by atoms with E-state index in [4.69, 9.17) is 9.97 Å². The van der Waals surface area contributed by atoms with Gasteiger partial charge in [0.05, 0.1) is 33.1 Å². The quantitative estimate of drug-likeness (QED) is 0.180. The Kier molecular flexibility index (Phi) is 6.48. The Morgan fingerprint density at radius 1 is 0.424 bits per heavy atom. The summed E-state index contributed by atoms with van der Waals surface area (Å²) in [7, 11) is 0. The van der Waals surface area contributed by atoms with E-state index in [1.807, 2.05) is 0 Å². The van der Waals surface area contributed by atoms with Gasteiger partial charge in [-0.05, 0) is 74.8 Å². The minimum atomic E-state index is -0.153. The lowest BCUT2D eigenvalue weighted by Gasteiger charge is -2.22. The summed E-state index contributed by atoms with van der Waals surface area (Å²) in [6.45, 7) is 4.68. The van der Waals surface area contributed by atoms with Crippen molar-refractivity contribution in [2.75, 3.05) is 0 Å². The SMILES string of the molecule is CC1(C)c2ccccc2-c2c(-c3nc4ccccc4nc3-n3c4cc(-n5c6ccccc6c6ccc7ccccc7c65)ccc4c4c5ccccc5ccc43)cccc21. The fourth-order valence-electron chi connectivity index (χ4n) is 10.4. The van der Waals surface area contributed by atoms with Crippen LogP contribution in [0.5, 0.6) is 0 Å². The largest absolute Gasteiger partial charge is 0.309 e. The zero-order valence-electron chi connectivity index (χ0n) is 32.6. The van der Waals surface area contributed by atoms with Crippen LogP contribution in [-0.2, 0) is 5.41 Å². The van der Waals surface area contributed by atoms with Gasteiger partial charge in [0, 0.05) is 43.6 Å².